The van der Waals surface area contributed by atoms with Gasteiger partial charge in [0.2, 0.25) is 0 Å². The fourth-order valence-corrected chi connectivity index (χ4v) is 12.4. The summed E-state index contributed by atoms with van der Waals surface area (Å²) in [6, 6.07) is 92.8. The van der Waals surface area contributed by atoms with Crippen LogP contribution in [0.1, 0.15) is 52.7 Å². The van der Waals surface area contributed by atoms with Crippen molar-refractivity contribution >= 4 is 102 Å². The molecule has 14 rings (SSSR count). The van der Waals surface area contributed by atoms with Crippen LogP contribution in [-0.2, 0) is 10.8 Å². The number of benzene rings is 11. The molecule has 0 unspecified atom stereocenters. The summed E-state index contributed by atoms with van der Waals surface area (Å²) in [5, 5.41) is 5.04. The largest absolute Gasteiger partial charge is 0.375 e. The van der Waals surface area contributed by atoms with Crippen molar-refractivity contribution in [2.75, 3.05) is 14.7 Å². The van der Waals surface area contributed by atoms with Crippen molar-refractivity contribution in [1.29, 1.82) is 0 Å². The van der Waals surface area contributed by atoms with E-state index >= 15 is 0 Å². The molecule has 12 aromatic rings. The third-order valence-electron chi connectivity index (χ3n) is 16.1. The molecule has 0 saturated heterocycles. The third kappa shape index (κ3) is 7.66. The van der Waals surface area contributed by atoms with Crippen molar-refractivity contribution in [3.63, 3.8) is 0 Å². The summed E-state index contributed by atoms with van der Waals surface area (Å²) in [5.41, 5.74) is 22.3. The summed E-state index contributed by atoms with van der Waals surface area (Å²) >= 11 is 0. The van der Waals surface area contributed by atoms with Crippen LogP contribution < -0.4 is 25.6 Å². The van der Waals surface area contributed by atoms with Crippen molar-refractivity contribution in [1.82, 2.24) is 4.48 Å². The Balaban J connectivity index is 1.17. The molecule has 0 amide bonds. The molecular weight excluding hydrogens is 932 g/mol. The highest BCUT2D eigenvalue weighted by atomic mass is 15.2. The molecule has 3 heterocycles. The van der Waals surface area contributed by atoms with E-state index in [9.17, 15) is 0 Å². The van der Waals surface area contributed by atoms with Gasteiger partial charge in [0, 0.05) is 78.4 Å². The first kappa shape index (κ1) is 46.5. The van der Waals surface area contributed by atoms with Gasteiger partial charge in [0.1, 0.15) is 0 Å². The lowest BCUT2D eigenvalue weighted by molar-refractivity contribution is 0.590. The van der Waals surface area contributed by atoms with Crippen LogP contribution in [0.15, 0.2) is 249 Å². The molecule has 2 aliphatic heterocycles. The van der Waals surface area contributed by atoms with Gasteiger partial charge >= 0.3 is 6.85 Å². The Morgan fingerprint density at radius 2 is 0.857 bits per heavy atom. The third-order valence-corrected chi connectivity index (χ3v) is 16.1. The molecule has 0 aliphatic carbocycles. The number of hydrogen-bond acceptors (Lipinski definition) is 3. The van der Waals surface area contributed by atoms with Crippen LogP contribution >= 0.6 is 0 Å². The fourth-order valence-electron chi connectivity index (χ4n) is 12.4. The first-order valence-electron chi connectivity index (χ1n) is 27.1. The SMILES string of the molecule is CC(C)(C)c1ccc(N2c3ccc(N(c4ccccc4)c4ccccc4)cc3B3c4c(cc(N(c5ccccc5)c5ccccc5)cc42)-c2cc(C(C)(C)C)cc4c5cc6ccccc6cc5n3c24)c(-c2ccccc2)c1. The first-order chi connectivity index (χ1) is 37.5. The Bertz CT molecular complexity index is 4150. The molecule has 0 spiro atoms. The summed E-state index contributed by atoms with van der Waals surface area (Å²) in [6.45, 7) is 13.8. The molecular formula is C72H59BN4. The van der Waals surface area contributed by atoms with Crippen LogP contribution in [0.3, 0.4) is 0 Å². The zero-order chi connectivity index (χ0) is 52.2. The standard InChI is InChI=1S/C72H59BN4/c1-71(2,3)51-36-38-65(59(42-51)48-24-12-7-13-25-48)76-66-39-37-57(74(53-28-14-8-15-29-53)54-30-16-9-17-31-54)46-64(66)73-69-61(45-58(47-68(69)76)75(55-32-18-10-19-33-55)56-34-20-11-21-35-56)63-44-52(72(4,5)6)43-62-60-40-49-26-22-23-27-50(49)41-67(60)77(73)70(62)63/h7-47H,1-6H3. The summed E-state index contributed by atoms with van der Waals surface area (Å²) < 4.78 is 2.73. The molecule has 5 heteroatoms. The first-order valence-corrected chi connectivity index (χ1v) is 27.1. The van der Waals surface area contributed by atoms with Gasteiger partial charge in [-0.25, -0.2) is 0 Å². The Morgan fingerprint density at radius 3 is 1.43 bits per heavy atom. The van der Waals surface area contributed by atoms with Gasteiger partial charge in [0.25, 0.3) is 0 Å². The Hall–Kier alpha value is -9.06. The summed E-state index contributed by atoms with van der Waals surface area (Å²) in [7, 11) is 0. The van der Waals surface area contributed by atoms with Gasteiger partial charge in [0.15, 0.2) is 0 Å². The lowest BCUT2D eigenvalue weighted by Crippen LogP contribution is -2.56. The van der Waals surface area contributed by atoms with Crippen molar-refractivity contribution in [3.05, 3.63) is 260 Å². The summed E-state index contributed by atoms with van der Waals surface area (Å²) in [4.78, 5) is 7.48. The van der Waals surface area contributed by atoms with Gasteiger partial charge in [-0.15, -0.1) is 0 Å². The minimum atomic E-state index is -0.210. The molecule has 1 aromatic heterocycles. The van der Waals surface area contributed by atoms with Crippen LogP contribution in [0.4, 0.5) is 51.2 Å². The van der Waals surface area contributed by atoms with E-state index in [1.807, 2.05) is 0 Å². The van der Waals surface area contributed by atoms with Gasteiger partial charge in [0.05, 0.1) is 5.69 Å². The predicted octanol–water partition coefficient (Wildman–Crippen LogP) is 18.6. The molecule has 0 radical (unpaired) electrons. The maximum absolute atomic E-state index is 2.73. The summed E-state index contributed by atoms with van der Waals surface area (Å²) in [5.74, 6) is 0. The predicted molar refractivity (Wildman–Crippen MR) is 330 cm³/mol. The van der Waals surface area contributed by atoms with Crippen LogP contribution in [0, 0.1) is 0 Å². The van der Waals surface area contributed by atoms with Gasteiger partial charge in [-0.2, -0.15) is 0 Å². The molecule has 0 saturated carbocycles. The van der Waals surface area contributed by atoms with E-state index in [4.69, 9.17) is 0 Å². The van der Waals surface area contributed by atoms with E-state index in [0.717, 1.165) is 51.2 Å². The average molecular weight is 991 g/mol. The number of fused-ring (bicyclic) bond motifs is 8. The molecule has 11 aromatic carbocycles. The monoisotopic (exact) mass is 990 g/mol. The van der Waals surface area contributed by atoms with Gasteiger partial charge in [-0.3, -0.25) is 0 Å². The molecule has 0 atom stereocenters. The van der Waals surface area contributed by atoms with E-state index in [2.05, 4.69) is 309 Å². The Morgan fingerprint density at radius 1 is 0.351 bits per heavy atom. The lowest BCUT2D eigenvalue weighted by Gasteiger charge is -2.43. The number of rotatable bonds is 8. The number of anilines is 9. The molecule has 0 N–H and O–H groups in total. The van der Waals surface area contributed by atoms with E-state index in [1.54, 1.807) is 0 Å². The Kier molecular flexibility index (Phi) is 10.7. The minimum absolute atomic E-state index is 0.0787. The zero-order valence-electron chi connectivity index (χ0n) is 44.5. The second-order valence-electron chi connectivity index (χ2n) is 23.0. The van der Waals surface area contributed by atoms with Gasteiger partial charge in [-0.05, 0) is 170 Å². The van der Waals surface area contributed by atoms with E-state index < -0.39 is 0 Å². The van der Waals surface area contributed by atoms with Crippen LogP contribution in [0.25, 0.3) is 54.8 Å². The van der Waals surface area contributed by atoms with E-state index in [-0.39, 0.29) is 17.7 Å². The van der Waals surface area contributed by atoms with Crippen molar-refractivity contribution in [2.24, 2.45) is 0 Å². The highest BCUT2D eigenvalue weighted by molar-refractivity contribution is 6.90. The number of aromatic nitrogens is 1. The topological polar surface area (TPSA) is 14.7 Å². The molecule has 370 valence electrons. The fraction of sp³-hybridized carbons (Fsp3) is 0.111. The maximum atomic E-state index is 2.73. The maximum Gasteiger partial charge on any atom is 0.333 e. The quantitative estimate of drug-likeness (QED) is 0.141. The highest BCUT2D eigenvalue weighted by Gasteiger charge is 2.45. The second-order valence-corrected chi connectivity index (χ2v) is 23.0. The molecule has 0 fully saturated rings. The molecule has 4 nitrogen and oxygen atoms in total. The normalized spacial score (nSPS) is 12.8. The molecule has 2 aliphatic rings. The van der Waals surface area contributed by atoms with Crippen molar-refractivity contribution in [2.45, 2.75) is 52.4 Å². The average Bonchev–Trinajstić information content (AvgIpc) is 3.96. The molecule has 0 bridgehead atoms. The second kappa shape index (κ2) is 17.8. The van der Waals surface area contributed by atoms with Crippen LogP contribution in [-0.4, -0.2) is 11.3 Å². The van der Waals surface area contributed by atoms with Gasteiger partial charge in [-0.1, -0.05) is 175 Å². The van der Waals surface area contributed by atoms with Crippen molar-refractivity contribution < 1.29 is 0 Å². The summed E-state index contributed by atoms with van der Waals surface area (Å²) in [6.07, 6.45) is 0. The molecule has 77 heavy (non-hydrogen) atoms. The van der Waals surface area contributed by atoms with Gasteiger partial charge < -0.3 is 19.2 Å². The Labute approximate surface area is 452 Å². The zero-order valence-corrected chi connectivity index (χ0v) is 44.5. The number of nitrogens with zero attached hydrogens (tertiary/aromatic N) is 4. The van der Waals surface area contributed by atoms with Crippen LogP contribution in [0.5, 0.6) is 0 Å². The van der Waals surface area contributed by atoms with E-state index in [0.29, 0.717) is 0 Å². The van der Waals surface area contributed by atoms with Crippen LogP contribution in [0.2, 0.25) is 0 Å². The van der Waals surface area contributed by atoms with E-state index in [1.165, 1.54) is 76.9 Å². The highest BCUT2D eigenvalue weighted by Crippen LogP contribution is 2.52. The van der Waals surface area contributed by atoms with Crippen molar-refractivity contribution in [3.8, 4) is 22.3 Å². The lowest BCUT2D eigenvalue weighted by atomic mass is 9.45. The number of hydrogen-bond donors (Lipinski definition) is 0. The number of para-hydroxylation sites is 4. The smallest absolute Gasteiger partial charge is 0.333 e. The minimum Gasteiger partial charge on any atom is -0.375 e.